The maximum absolute atomic E-state index is 12.6. The first-order chi connectivity index (χ1) is 9.68. The number of benzene rings is 2. The van der Waals surface area contributed by atoms with Crippen LogP contribution in [0.15, 0.2) is 54.6 Å². The Morgan fingerprint density at radius 2 is 1.70 bits per heavy atom. The highest BCUT2D eigenvalue weighted by molar-refractivity contribution is 6.12. The topological polar surface area (TPSA) is 38.1 Å². The van der Waals surface area contributed by atoms with Gasteiger partial charge in [-0.3, -0.25) is 9.48 Å². The molecule has 1 aromatic heterocycles. The fourth-order valence-electron chi connectivity index (χ4n) is 2.30. The Balaban J connectivity index is 2.05. The standard InChI is InChI=1S/C16H15N3O/c1-18(12-8-4-3-5-9-12)16(20)15-13-10-6-7-11-14(13)19(2)17-15/h3-11H,1-2H3. The highest BCUT2D eigenvalue weighted by Gasteiger charge is 2.20. The number of para-hydroxylation sites is 2. The lowest BCUT2D eigenvalue weighted by molar-refractivity contribution is 0.0989. The molecule has 1 amide bonds. The quantitative estimate of drug-likeness (QED) is 0.714. The third-order valence-electron chi connectivity index (χ3n) is 3.41. The minimum Gasteiger partial charge on any atom is -0.310 e. The van der Waals surface area contributed by atoms with Gasteiger partial charge in [-0.1, -0.05) is 36.4 Å². The normalized spacial score (nSPS) is 10.7. The van der Waals surface area contributed by atoms with Crippen molar-refractivity contribution in [3.8, 4) is 0 Å². The van der Waals surface area contributed by atoms with Gasteiger partial charge in [0.05, 0.1) is 5.52 Å². The van der Waals surface area contributed by atoms with E-state index >= 15 is 0 Å². The number of amides is 1. The molecule has 0 aliphatic carbocycles. The number of nitrogens with zero attached hydrogens (tertiary/aromatic N) is 3. The van der Waals surface area contributed by atoms with Crippen LogP contribution < -0.4 is 4.90 Å². The van der Waals surface area contributed by atoms with Crippen molar-refractivity contribution in [2.45, 2.75) is 0 Å². The van der Waals surface area contributed by atoms with Gasteiger partial charge < -0.3 is 4.90 Å². The molecule has 0 saturated carbocycles. The molecule has 0 fully saturated rings. The first-order valence-corrected chi connectivity index (χ1v) is 6.43. The van der Waals surface area contributed by atoms with E-state index < -0.39 is 0 Å². The summed E-state index contributed by atoms with van der Waals surface area (Å²) >= 11 is 0. The summed E-state index contributed by atoms with van der Waals surface area (Å²) in [4.78, 5) is 14.2. The third-order valence-corrected chi connectivity index (χ3v) is 3.41. The molecule has 0 bridgehead atoms. The Hall–Kier alpha value is -2.62. The predicted molar refractivity (Wildman–Crippen MR) is 79.9 cm³/mol. The van der Waals surface area contributed by atoms with Gasteiger partial charge >= 0.3 is 0 Å². The zero-order valence-corrected chi connectivity index (χ0v) is 11.4. The van der Waals surface area contributed by atoms with E-state index in [9.17, 15) is 4.79 Å². The molecule has 4 nitrogen and oxygen atoms in total. The van der Waals surface area contributed by atoms with Crippen LogP contribution in [0.3, 0.4) is 0 Å². The molecule has 0 spiro atoms. The molecule has 4 heteroatoms. The number of hydrogen-bond donors (Lipinski definition) is 0. The van der Waals surface area contributed by atoms with Crippen molar-refractivity contribution in [3.63, 3.8) is 0 Å². The van der Waals surface area contributed by atoms with Gasteiger partial charge in [0.15, 0.2) is 5.69 Å². The second-order valence-corrected chi connectivity index (χ2v) is 4.69. The fourth-order valence-corrected chi connectivity index (χ4v) is 2.30. The number of carbonyl (C=O) groups is 1. The fraction of sp³-hybridized carbons (Fsp3) is 0.125. The Labute approximate surface area is 117 Å². The van der Waals surface area contributed by atoms with Gasteiger partial charge in [-0.2, -0.15) is 5.10 Å². The molecule has 100 valence electrons. The molecule has 3 rings (SSSR count). The lowest BCUT2D eigenvalue weighted by Gasteiger charge is -2.15. The Morgan fingerprint density at radius 3 is 2.45 bits per heavy atom. The van der Waals surface area contributed by atoms with E-state index in [0.29, 0.717) is 5.69 Å². The molecular weight excluding hydrogens is 250 g/mol. The van der Waals surface area contributed by atoms with Crippen LogP contribution in [0.5, 0.6) is 0 Å². The Morgan fingerprint density at radius 1 is 1.05 bits per heavy atom. The summed E-state index contributed by atoms with van der Waals surface area (Å²) in [6.07, 6.45) is 0. The number of aryl methyl sites for hydroxylation is 1. The molecule has 0 aliphatic rings. The minimum absolute atomic E-state index is 0.104. The van der Waals surface area contributed by atoms with Crippen LogP contribution in [0.4, 0.5) is 5.69 Å². The maximum Gasteiger partial charge on any atom is 0.279 e. The number of hydrogen-bond acceptors (Lipinski definition) is 2. The summed E-state index contributed by atoms with van der Waals surface area (Å²) in [5, 5.41) is 5.24. The average molecular weight is 265 g/mol. The summed E-state index contributed by atoms with van der Waals surface area (Å²) in [6, 6.07) is 17.3. The van der Waals surface area contributed by atoms with E-state index in [1.807, 2.05) is 61.6 Å². The lowest BCUT2D eigenvalue weighted by atomic mass is 10.2. The van der Waals surface area contributed by atoms with Crippen LogP contribution in [0.2, 0.25) is 0 Å². The summed E-state index contributed by atoms with van der Waals surface area (Å²) < 4.78 is 1.74. The van der Waals surface area contributed by atoms with Crippen molar-refractivity contribution < 1.29 is 4.79 Å². The molecular formula is C16H15N3O. The first-order valence-electron chi connectivity index (χ1n) is 6.43. The van der Waals surface area contributed by atoms with Crippen molar-refractivity contribution >= 4 is 22.5 Å². The van der Waals surface area contributed by atoms with E-state index in [2.05, 4.69) is 5.10 Å². The van der Waals surface area contributed by atoms with Crippen molar-refractivity contribution in [2.75, 3.05) is 11.9 Å². The summed E-state index contributed by atoms with van der Waals surface area (Å²) in [5.74, 6) is -0.104. The van der Waals surface area contributed by atoms with Gasteiger partial charge in [-0.15, -0.1) is 0 Å². The largest absolute Gasteiger partial charge is 0.310 e. The van der Waals surface area contributed by atoms with Gasteiger partial charge in [-0.25, -0.2) is 0 Å². The molecule has 0 radical (unpaired) electrons. The third kappa shape index (κ3) is 1.95. The van der Waals surface area contributed by atoms with Gasteiger partial charge in [-0.05, 0) is 18.2 Å². The average Bonchev–Trinajstić information content (AvgIpc) is 2.84. The molecule has 20 heavy (non-hydrogen) atoms. The van der Waals surface area contributed by atoms with Crippen LogP contribution in [-0.2, 0) is 7.05 Å². The number of rotatable bonds is 2. The van der Waals surface area contributed by atoms with E-state index in [1.54, 1.807) is 16.6 Å². The molecule has 0 saturated heterocycles. The number of fused-ring (bicyclic) bond motifs is 1. The van der Waals surface area contributed by atoms with Crippen LogP contribution in [0, 0.1) is 0 Å². The summed E-state index contributed by atoms with van der Waals surface area (Å²) in [5.41, 5.74) is 2.29. The zero-order chi connectivity index (χ0) is 14.1. The van der Waals surface area contributed by atoms with E-state index in [4.69, 9.17) is 0 Å². The van der Waals surface area contributed by atoms with Crippen LogP contribution >= 0.6 is 0 Å². The molecule has 0 aliphatic heterocycles. The van der Waals surface area contributed by atoms with Crippen LogP contribution in [-0.4, -0.2) is 22.7 Å². The van der Waals surface area contributed by atoms with Gasteiger partial charge in [0.25, 0.3) is 5.91 Å². The SMILES string of the molecule is CN(C(=O)c1nn(C)c2ccccc12)c1ccccc1. The van der Waals surface area contributed by atoms with E-state index in [1.165, 1.54) is 0 Å². The zero-order valence-electron chi connectivity index (χ0n) is 11.4. The Kier molecular flexibility index (Phi) is 2.99. The van der Waals surface area contributed by atoms with Crippen molar-refractivity contribution in [1.82, 2.24) is 9.78 Å². The molecule has 0 unspecified atom stereocenters. The van der Waals surface area contributed by atoms with E-state index in [-0.39, 0.29) is 5.91 Å². The summed E-state index contributed by atoms with van der Waals surface area (Å²) in [7, 11) is 3.61. The van der Waals surface area contributed by atoms with Gasteiger partial charge in [0, 0.05) is 25.2 Å². The number of anilines is 1. The smallest absolute Gasteiger partial charge is 0.279 e. The van der Waals surface area contributed by atoms with Crippen LogP contribution in [0.25, 0.3) is 10.9 Å². The molecule has 3 aromatic rings. The second kappa shape index (κ2) is 4.81. The van der Waals surface area contributed by atoms with Gasteiger partial charge in [0.1, 0.15) is 0 Å². The number of aromatic nitrogens is 2. The highest BCUT2D eigenvalue weighted by Crippen LogP contribution is 2.21. The van der Waals surface area contributed by atoms with E-state index in [0.717, 1.165) is 16.6 Å². The monoisotopic (exact) mass is 265 g/mol. The molecule has 2 aromatic carbocycles. The molecule has 0 atom stereocenters. The number of carbonyl (C=O) groups excluding carboxylic acids is 1. The van der Waals surface area contributed by atoms with Crippen molar-refractivity contribution in [3.05, 3.63) is 60.3 Å². The molecule has 0 N–H and O–H groups in total. The maximum atomic E-state index is 12.6. The molecule has 1 heterocycles. The predicted octanol–water partition coefficient (Wildman–Crippen LogP) is 2.85. The minimum atomic E-state index is -0.104. The van der Waals surface area contributed by atoms with Crippen LogP contribution in [0.1, 0.15) is 10.5 Å². The second-order valence-electron chi connectivity index (χ2n) is 4.69. The summed E-state index contributed by atoms with van der Waals surface area (Å²) in [6.45, 7) is 0. The lowest BCUT2D eigenvalue weighted by Crippen LogP contribution is -2.26. The van der Waals surface area contributed by atoms with Crippen molar-refractivity contribution in [2.24, 2.45) is 7.05 Å². The van der Waals surface area contributed by atoms with Gasteiger partial charge in [0.2, 0.25) is 0 Å². The highest BCUT2D eigenvalue weighted by atomic mass is 16.2. The Bertz CT molecular complexity index is 762. The first kappa shape index (κ1) is 12.4. The van der Waals surface area contributed by atoms with Crippen molar-refractivity contribution in [1.29, 1.82) is 0 Å².